The van der Waals surface area contributed by atoms with Gasteiger partial charge in [-0.2, -0.15) is 5.10 Å². The van der Waals surface area contributed by atoms with E-state index in [1.165, 1.54) is 10.8 Å². The van der Waals surface area contributed by atoms with Crippen molar-refractivity contribution in [3.63, 3.8) is 0 Å². The number of benzene rings is 3. The van der Waals surface area contributed by atoms with Crippen molar-refractivity contribution in [2.45, 2.75) is 12.1 Å². The van der Waals surface area contributed by atoms with Gasteiger partial charge in [-0.25, -0.2) is 10.4 Å². The van der Waals surface area contributed by atoms with Crippen molar-refractivity contribution >= 4 is 34.8 Å². The highest BCUT2D eigenvalue weighted by Gasteiger charge is 2.15. The summed E-state index contributed by atoms with van der Waals surface area (Å²) in [5.74, 6) is 1.05. The summed E-state index contributed by atoms with van der Waals surface area (Å²) in [6.07, 6.45) is 1.52. The Balaban J connectivity index is 1.56. The molecule has 9 heteroatoms. The Hall–Kier alpha value is -4.11. The van der Waals surface area contributed by atoms with E-state index in [1.807, 2.05) is 37.3 Å². The van der Waals surface area contributed by atoms with Crippen molar-refractivity contribution in [1.29, 1.82) is 0 Å². The second kappa shape index (κ2) is 11.3. The second-order valence-corrected chi connectivity index (χ2v) is 8.25. The molecule has 0 bridgehead atoms. The first-order valence-electron chi connectivity index (χ1n) is 10.9. The van der Waals surface area contributed by atoms with E-state index in [0.717, 1.165) is 17.3 Å². The fourth-order valence-corrected chi connectivity index (χ4v) is 4.21. The van der Waals surface area contributed by atoms with Gasteiger partial charge in [-0.1, -0.05) is 36.0 Å². The molecule has 0 spiro atoms. The molecular weight excluding hydrogens is 464 g/mol. The maximum absolute atomic E-state index is 13.3. The number of nitrogens with zero attached hydrogens (tertiary/aromatic N) is 3. The molecule has 0 fully saturated rings. The molecule has 3 aromatic carbocycles. The average Bonchev–Trinajstić information content (AvgIpc) is 2.89. The summed E-state index contributed by atoms with van der Waals surface area (Å²) in [5.41, 5.74) is 4.24. The molecular formula is C26H24N4O4S. The molecule has 0 aliphatic rings. The number of thioether (sulfide) groups is 1. The summed E-state index contributed by atoms with van der Waals surface area (Å²) in [6.45, 7) is 2.46. The molecule has 35 heavy (non-hydrogen) atoms. The van der Waals surface area contributed by atoms with E-state index in [1.54, 1.807) is 49.6 Å². The number of para-hydroxylation sites is 2. The Bertz CT molecular complexity index is 1420. The third-order valence-electron chi connectivity index (χ3n) is 5.02. The number of ether oxygens (including phenoxy) is 2. The number of fused-ring (bicyclic) bond motifs is 1. The third-order valence-corrected chi connectivity index (χ3v) is 5.95. The van der Waals surface area contributed by atoms with E-state index < -0.39 is 0 Å². The number of hydrogen-bond acceptors (Lipinski definition) is 7. The van der Waals surface area contributed by atoms with Gasteiger partial charge in [-0.15, -0.1) is 0 Å². The lowest BCUT2D eigenvalue weighted by Crippen LogP contribution is -2.24. The van der Waals surface area contributed by atoms with E-state index in [4.69, 9.17) is 9.47 Å². The standard InChI is InChI=1S/C26H24N4O4S/c1-3-34-20-14-12-19(13-15-20)30-25(32)21-9-5-6-10-22(21)28-26(30)35-17-24(31)29-27-16-18-8-4-7-11-23(18)33-2/h4-16H,3,17H2,1-2H3,(H,29,31). The highest BCUT2D eigenvalue weighted by atomic mass is 32.2. The van der Waals surface area contributed by atoms with Crippen LogP contribution in [0.2, 0.25) is 0 Å². The van der Waals surface area contributed by atoms with Crippen LogP contribution in [0.5, 0.6) is 11.5 Å². The number of hydrazone groups is 1. The Morgan fingerprint density at radius 1 is 1.09 bits per heavy atom. The summed E-state index contributed by atoms with van der Waals surface area (Å²) < 4.78 is 12.3. The van der Waals surface area contributed by atoms with Crippen molar-refractivity contribution in [2.24, 2.45) is 5.10 Å². The van der Waals surface area contributed by atoms with Crippen LogP contribution in [0.25, 0.3) is 16.6 Å². The van der Waals surface area contributed by atoms with E-state index in [0.29, 0.717) is 39.9 Å². The van der Waals surface area contributed by atoms with Gasteiger partial charge in [0.05, 0.1) is 42.3 Å². The molecule has 0 unspecified atom stereocenters. The zero-order chi connectivity index (χ0) is 24.6. The molecule has 4 rings (SSSR count). The molecule has 178 valence electrons. The lowest BCUT2D eigenvalue weighted by molar-refractivity contribution is -0.118. The molecule has 1 N–H and O–H groups in total. The zero-order valence-corrected chi connectivity index (χ0v) is 20.1. The Morgan fingerprint density at radius 3 is 2.60 bits per heavy atom. The number of rotatable bonds is 9. The minimum atomic E-state index is -0.332. The molecule has 1 aromatic heterocycles. The zero-order valence-electron chi connectivity index (χ0n) is 19.3. The van der Waals surface area contributed by atoms with Gasteiger partial charge >= 0.3 is 0 Å². The predicted molar refractivity (Wildman–Crippen MR) is 138 cm³/mol. The van der Waals surface area contributed by atoms with Gasteiger partial charge in [0, 0.05) is 5.56 Å². The van der Waals surface area contributed by atoms with Crippen molar-refractivity contribution in [2.75, 3.05) is 19.5 Å². The fraction of sp³-hybridized carbons (Fsp3) is 0.154. The first-order valence-corrected chi connectivity index (χ1v) is 11.9. The molecule has 4 aromatic rings. The minimum Gasteiger partial charge on any atom is -0.496 e. The van der Waals surface area contributed by atoms with Crippen LogP contribution in [0.1, 0.15) is 12.5 Å². The molecule has 1 amide bonds. The van der Waals surface area contributed by atoms with Crippen molar-refractivity contribution < 1.29 is 14.3 Å². The number of aromatic nitrogens is 2. The summed E-state index contributed by atoms with van der Waals surface area (Å²) in [5, 5.41) is 4.92. The van der Waals surface area contributed by atoms with Gasteiger partial charge in [0.2, 0.25) is 0 Å². The highest BCUT2D eigenvalue weighted by molar-refractivity contribution is 7.99. The SMILES string of the molecule is CCOc1ccc(-n2c(SCC(=O)NN=Cc3ccccc3OC)nc3ccccc3c2=O)cc1. The molecule has 0 aliphatic heterocycles. The van der Waals surface area contributed by atoms with Crippen LogP contribution in [0.4, 0.5) is 0 Å². The Morgan fingerprint density at radius 2 is 1.83 bits per heavy atom. The average molecular weight is 489 g/mol. The second-order valence-electron chi connectivity index (χ2n) is 7.30. The molecule has 0 radical (unpaired) electrons. The van der Waals surface area contributed by atoms with Gasteiger partial charge in [-0.05, 0) is 55.5 Å². The largest absolute Gasteiger partial charge is 0.496 e. The topological polar surface area (TPSA) is 94.8 Å². The van der Waals surface area contributed by atoms with Crippen LogP contribution in [-0.2, 0) is 4.79 Å². The summed E-state index contributed by atoms with van der Waals surface area (Å²) >= 11 is 1.16. The summed E-state index contributed by atoms with van der Waals surface area (Å²) in [7, 11) is 1.57. The first kappa shape index (κ1) is 24.0. The number of amides is 1. The highest BCUT2D eigenvalue weighted by Crippen LogP contribution is 2.23. The summed E-state index contributed by atoms with van der Waals surface area (Å²) in [6, 6.07) is 21.7. The Labute approximate surface area is 206 Å². The summed E-state index contributed by atoms with van der Waals surface area (Å²) in [4.78, 5) is 30.5. The Kier molecular flexibility index (Phi) is 7.79. The predicted octanol–water partition coefficient (Wildman–Crippen LogP) is 4.04. The molecule has 0 aliphatic carbocycles. The van der Waals surface area contributed by atoms with Gasteiger partial charge in [-0.3, -0.25) is 14.2 Å². The van der Waals surface area contributed by atoms with E-state index >= 15 is 0 Å². The normalized spacial score (nSPS) is 11.0. The molecule has 0 saturated carbocycles. The maximum atomic E-state index is 13.3. The van der Waals surface area contributed by atoms with Crippen LogP contribution < -0.4 is 20.5 Å². The number of hydrogen-bond donors (Lipinski definition) is 1. The van der Waals surface area contributed by atoms with Gasteiger partial charge in [0.15, 0.2) is 5.16 Å². The number of methoxy groups -OCH3 is 1. The van der Waals surface area contributed by atoms with Crippen LogP contribution in [0.3, 0.4) is 0 Å². The molecule has 0 saturated heterocycles. The van der Waals surface area contributed by atoms with Crippen molar-refractivity contribution in [3.8, 4) is 17.2 Å². The minimum absolute atomic E-state index is 0.0189. The smallest absolute Gasteiger partial charge is 0.266 e. The monoisotopic (exact) mass is 488 g/mol. The number of carbonyl (C=O) groups is 1. The molecule has 8 nitrogen and oxygen atoms in total. The van der Waals surface area contributed by atoms with Crippen molar-refractivity contribution in [1.82, 2.24) is 15.0 Å². The van der Waals surface area contributed by atoms with Crippen LogP contribution >= 0.6 is 11.8 Å². The lowest BCUT2D eigenvalue weighted by Gasteiger charge is -2.13. The van der Waals surface area contributed by atoms with Gasteiger partial charge < -0.3 is 9.47 Å². The van der Waals surface area contributed by atoms with Crippen LogP contribution in [0.15, 0.2) is 87.8 Å². The first-order chi connectivity index (χ1) is 17.1. The lowest BCUT2D eigenvalue weighted by atomic mass is 10.2. The van der Waals surface area contributed by atoms with E-state index in [2.05, 4.69) is 15.5 Å². The van der Waals surface area contributed by atoms with Crippen molar-refractivity contribution in [3.05, 3.63) is 88.7 Å². The van der Waals surface area contributed by atoms with Crippen LogP contribution in [0, 0.1) is 0 Å². The number of nitrogens with one attached hydrogen (secondary N) is 1. The fourth-order valence-electron chi connectivity index (χ4n) is 3.40. The quantitative estimate of drug-likeness (QED) is 0.165. The van der Waals surface area contributed by atoms with E-state index in [-0.39, 0.29) is 17.2 Å². The number of carbonyl (C=O) groups excluding carboxylic acids is 1. The molecule has 1 heterocycles. The van der Waals surface area contributed by atoms with Gasteiger partial charge in [0.1, 0.15) is 11.5 Å². The van der Waals surface area contributed by atoms with E-state index in [9.17, 15) is 9.59 Å². The van der Waals surface area contributed by atoms with Gasteiger partial charge in [0.25, 0.3) is 11.5 Å². The molecule has 0 atom stereocenters. The third kappa shape index (κ3) is 5.70. The van der Waals surface area contributed by atoms with Crippen LogP contribution in [-0.4, -0.2) is 41.1 Å². The maximum Gasteiger partial charge on any atom is 0.266 e.